The maximum Gasteiger partial charge on any atom is 0.319 e. The zero-order valence-corrected chi connectivity index (χ0v) is 50.0. The van der Waals surface area contributed by atoms with E-state index in [1.54, 1.807) is 25.7 Å². The van der Waals surface area contributed by atoms with Crippen LogP contribution in [0.5, 0.6) is 11.8 Å². The van der Waals surface area contributed by atoms with Crippen molar-refractivity contribution >= 4 is 40.4 Å². The van der Waals surface area contributed by atoms with Gasteiger partial charge in [-0.25, -0.2) is 9.07 Å². The van der Waals surface area contributed by atoms with Crippen LogP contribution >= 0.6 is 0 Å². The summed E-state index contributed by atoms with van der Waals surface area (Å²) in [5, 5.41) is 33.3. The van der Waals surface area contributed by atoms with E-state index in [1.807, 2.05) is 74.7 Å². The molecule has 4 aromatic carbocycles. The van der Waals surface area contributed by atoms with Crippen molar-refractivity contribution in [2.75, 3.05) is 44.9 Å². The number of nitrogens with zero attached hydrogens (tertiary/aromatic N) is 10. The van der Waals surface area contributed by atoms with Crippen LogP contribution in [-0.4, -0.2) is 132 Å². The molecule has 444 valence electrons. The number of carbonyl (C=O) groups excluding carboxylic acids is 2. The van der Waals surface area contributed by atoms with E-state index in [-0.39, 0.29) is 49.8 Å². The standard InChI is InChI=1S/C42H48FN9O3.C14H15N3O2.C6H11NO.C2H6/c1-22(2)25(5)52-19-36(49-50-52)28-9-7-26(8-10-28)21-54-40-38(37-24(4)34(43)15-35-33(37)17-45-48-35)31(27-11-12-27)14-32-39(40)46-42(55-20-23(3)53-6)47-41(32)51-18-29-13-30(51)16-44-29;1-10-14(16-7-6-15-10)12-4-2-11(3-5-12)13(8-18)17-9-19;1-6-3-2-4-7(6)5-8;1-2/h7-10,14-15,17,19,22-23,25,27,29-30,44H,11-13,16,18,20-21H2,1-6H3,(H,45,48);2-7,9,13,18H,8H2,1H3,(H,17,19);5-6H,2-4H2,1H3;1-2H3/t23-,25?,29?,30?;;;/m0.../s1. The number of benzene rings is 4. The highest BCUT2D eigenvalue weighted by Crippen LogP contribution is 2.53. The van der Waals surface area contributed by atoms with Gasteiger partial charge >= 0.3 is 6.01 Å². The van der Waals surface area contributed by atoms with Gasteiger partial charge in [0.25, 0.3) is 0 Å². The number of nitrogens with one attached hydrogen (secondary N) is 3. The Morgan fingerprint density at radius 2 is 1.67 bits per heavy atom. The molecule has 4 aromatic heterocycles. The second-order valence-corrected chi connectivity index (χ2v) is 22.4. The number of methoxy groups -OCH3 is 1. The molecular formula is C64H80FN13O6. The minimum absolute atomic E-state index is 0.137. The van der Waals surface area contributed by atoms with Gasteiger partial charge in [0.05, 0.1) is 54.1 Å². The molecule has 0 spiro atoms. The number of hydrogen-bond donors (Lipinski definition) is 4. The molecule has 4 aliphatic rings. The van der Waals surface area contributed by atoms with Crippen molar-refractivity contribution in [1.82, 2.24) is 60.7 Å². The first kappa shape index (κ1) is 60.6. The number of aromatic amines is 1. The van der Waals surface area contributed by atoms with Crippen molar-refractivity contribution in [3.63, 3.8) is 0 Å². The van der Waals surface area contributed by atoms with Crippen LogP contribution in [0.25, 0.3) is 55.4 Å². The minimum atomic E-state index is -0.380. The van der Waals surface area contributed by atoms with E-state index >= 15 is 4.39 Å². The van der Waals surface area contributed by atoms with E-state index < -0.39 is 0 Å². The molecule has 2 bridgehead atoms. The molecule has 7 heterocycles. The lowest BCUT2D eigenvalue weighted by molar-refractivity contribution is -0.118. The molecule has 19 nitrogen and oxygen atoms in total. The molecule has 12 rings (SSSR count). The minimum Gasteiger partial charge on any atom is -0.486 e. The van der Waals surface area contributed by atoms with Crippen molar-refractivity contribution in [3.05, 3.63) is 119 Å². The largest absolute Gasteiger partial charge is 0.486 e. The number of piperazine rings is 1. The van der Waals surface area contributed by atoms with E-state index in [0.717, 1.165) is 118 Å². The zero-order valence-electron chi connectivity index (χ0n) is 50.0. The van der Waals surface area contributed by atoms with Crippen molar-refractivity contribution < 1.29 is 33.3 Å². The van der Waals surface area contributed by atoms with Gasteiger partial charge < -0.3 is 39.8 Å². The van der Waals surface area contributed by atoms with Gasteiger partial charge in [-0.3, -0.25) is 24.7 Å². The van der Waals surface area contributed by atoms with E-state index in [2.05, 4.69) is 104 Å². The van der Waals surface area contributed by atoms with Crippen LogP contribution in [0.1, 0.15) is 127 Å². The fraction of sp³-hybridized carbons (Fsp3) is 0.453. The Balaban J connectivity index is 0.000000239. The number of ether oxygens (including phenoxy) is 3. The number of aliphatic hydroxyl groups excluding tert-OH is 1. The lowest BCUT2D eigenvalue weighted by Crippen LogP contribution is -2.44. The van der Waals surface area contributed by atoms with Crippen molar-refractivity contribution in [2.45, 2.75) is 143 Å². The monoisotopic (exact) mass is 1150 g/mol. The summed E-state index contributed by atoms with van der Waals surface area (Å²) in [5.74, 6) is 1.85. The molecule has 3 aliphatic heterocycles. The highest BCUT2D eigenvalue weighted by molar-refractivity contribution is 6.06. The van der Waals surface area contributed by atoms with Crippen LogP contribution < -0.4 is 25.0 Å². The number of anilines is 1. The molecule has 3 saturated heterocycles. The number of aryl methyl sites for hydroxylation is 1. The number of aromatic nitrogens is 9. The first-order valence-corrected chi connectivity index (χ1v) is 29.5. The number of fused-ring (bicyclic) bond motifs is 4. The van der Waals surface area contributed by atoms with E-state index in [0.29, 0.717) is 58.7 Å². The van der Waals surface area contributed by atoms with Gasteiger partial charge in [0, 0.05) is 90.3 Å². The van der Waals surface area contributed by atoms with Gasteiger partial charge in [-0.15, -0.1) is 5.10 Å². The third-order valence-electron chi connectivity index (χ3n) is 16.5. The van der Waals surface area contributed by atoms with E-state index in [9.17, 15) is 14.7 Å². The highest BCUT2D eigenvalue weighted by Gasteiger charge is 2.41. The maximum absolute atomic E-state index is 15.8. The molecule has 0 radical (unpaired) electrons. The van der Waals surface area contributed by atoms with Crippen molar-refractivity contribution in [2.24, 2.45) is 5.92 Å². The topological polar surface area (TPSA) is 224 Å². The molecule has 8 aromatic rings. The van der Waals surface area contributed by atoms with Gasteiger partial charge in [0.15, 0.2) is 5.75 Å². The Kier molecular flexibility index (Phi) is 20.0. The molecule has 4 fully saturated rings. The Morgan fingerprint density at radius 3 is 2.29 bits per heavy atom. The normalized spacial score (nSPS) is 18.1. The Morgan fingerprint density at radius 1 is 0.917 bits per heavy atom. The summed E-state index contributed by atoms with van der Waals surface area (Å²) in [6.07, 6.45) is 13.9. The average molecular weight is 1150 g/mol. The predicted molar refractivity (Wildman–Crippen MR) is 324 cm³/mol. The Labute approximate surface area is 491 Å². The molecule has 1 saturated carbocycles. The fourth-order valence-corrected chi connectivity index (χ4v) is 11.0. The number of likely N-dealkylation sites (tertiary alicyclic amines) is 1. The third-order valence-corrected chi connectivity index (χ3v) is 16.5. The van der Waals surface area contributed by atoms with Crippen LogP contribution in [-0.2, 0) is 20.9 Å². The predicted octanol–water partition coefficient (Wildman–Crippen LogP) is 10.4. The summed E-state index contributed by atoms with van der Waals surface area (Å²) in [6, 6.07) is 20.8. The number of rotatable bonds is 19. The van der Waals surface area contributed by atoms with Crippen LogP contribution in [0.2, 0.25) is 0 Å². The number of amides is 2. The van der Waals surface area contributed by atoms with Gasteiger partial charge in [0.1, 0.15) is 36.1 Å². The number of H-pyrrole nitrogens is 1. The SMILES string of the molecule is CC.CC1CCCN1C=O.CO[C@@H](C)COc1nc(N2CC3CC2CN3)c2cc(C3CC3)c(-c3c(C)c(F)cc4[nH]ncc34)c(OCc3ccc(-c4cn(C(C)C(C)C)nn4)cc3)c2n1.Cc1nccnc1-c1ccc(C(CO)NC=O)cc1. The molecule has 4 N–H and O–H groups in total. The summed E-state index contributed by atoms with van der Waals surface area (Å²) in [6.45, 7) is 21.4. The van der Waals surface area contributed by atoms with E-state index in [1.165, 1.54) is 18.9 Å². The van der Waals surface area contributed by atoms with Gasteiger partial charge in [0.2, 0.25) is 12.8 Å². The van der Waals surface area contributed by atoms with Crippen molar-refractivity contribution in [1.29, 1.82) is 0 Å². The molecule has 2 amide bonds. The quantitative estimate of drug-likeness (QED) is 0.0553. The van der Waals surface area contributed by atoms with Gasteiger partial charge in [-0.05, 0) is 113 Å². The number of hydrogen-bond acceptors (Lipinski definition) is 15. The molecule has 6 atom stereocenters. The summed E-state index contributed by atoms with van der Waals surface area (Å²) in [7, 11) is 1.66. The van der Waals surface area contributed by atoms with Crippen LogP contribution in [0.4, 0.5) is 10.2 Å². The first-order chi connectivity index (χ1) is 40.8. The molecular weight excluding hydrogens is 1070 g/mol. The molecule has 1 aliphatic carbocycles. The van der Waals surface area contributed by atoms with Crippen LogP contribution in [0, 0.1) is 25.6 Å². The van der Waals surface area contributed by atoms with E-state index in [4.69, 9.17) is 24.2 Å². The number of aliphatic hydroxyl groups is 1. The first-order valence-electron chi connectivity index (χ1n) is 29.5. The van der Waals surface area contributed by atoms with Crippen molar-refractivity contribution in [3.8, 4) is 45.4 Å². The average Bonchev–Trinajstić information content (AvgIpc) is 1.50. The number of halogens is 1. The smallest absolute Gasteiger partial charge is 0.319 e. The lowest BCUT2D eigenvalue weighted by atomic mass is 9.88. The molecule has 20 heteroatoms. The summed E-state index contributed by atoms with van der Waals surface area (Å²) < 4.78 is 36.6. The van der Waals surface area contributed by atoms with Gasteiger partial charge in [-0.2, -0.15) is 15.1 Å². The second-order valence-electron chi connectivity index (χ2n) is 22.4. The fourth-order valence-electron chi connectivity index (χ4n) is 11.0. The maximum atomic E-state index is 15.8. The second kappa shape index (κ2) is 27.6. The molecule has 5 unspecified atom stereocenters. The summed E-state index contributed by atoms with van der Waals surface area (Å²) >= 11 is 0. The Hall–Kier alpha value is -7.94. The lowest BCUT2D eigenvalue weighted by Gasteiger charge is -2.30. The van der Waals surface area contributed by atoms with Crippen LogP contribution in [0.3, 0.4) is 0 Å². The Bertz CT molecular complexity index is 3500. The molecule has 84 heavy (non-hydrogen) atoms. The zero-order chi connectivity index (χ0) is 59.6. The third kappa shape index (κ3) is 13.5. The summed E-state index contributed by atoms with van der Waals surface area (Å²) in [4.78, 5) is 43.5. The van der Waals surface area contributed by atoms with Crippen LogP contribution in [0.15, 0.2) is 85.5 Å². The summed E-state index contributed by atoms with van der Waals surface area (Å²) in [5.41, 5.74) is 10.8. The number of carbonyl (C=O) groups is 2. The highest BCUT2D eigenvalue weighted by atomic mass is 19.1. The van der Waals surface area contributed by atoms with Gasteiger partial charge in [-0.1, -0.05) is 81.4 Å².